The van der Waals surface area contributed by atoms with Gasteiger partial charge in [0.25, 0.3) is 0 Å². The van der Waals surface area contributed by atoms with E-state index < -0.39 is 0 Å². The number of allylic oxidation sites excluding steroid dienone is 5. The molecule has 2 heteroatoms. The second-order valence-corrected chi connectivity index (χ2v) is 11.1. The van der Waals surface area contributed by atoms with Crippen LogP contribution >= 0.6 is 0 Å². The molecule has 0 unspecified atom stereocenters. The van der Waals surface area contributed by atoms with Gasteiger partial charge in [-0.2, -0.15) is 0 Å². The van der Waals surface area contributed by atoms with Crippen molar-refractivity contribution in [2.75, 3.05) is 0 Å². The lowest BCUT2D eigenvalue weighted by molar-refractivity contribution is 1.11. The Labute approximate surface area is 251 Å². The van der Waals surface area contributed by atoms with E-state index in [1.165, 1.54) is 43.8 Å². The summed E-state index contributed by atoms with van der Waals surface area (Å²) in [4.78, 5) is 5.11. The minimum absolute atomic E-state index is 0.850. The predicted octanol–water partition coefficient (Wildman–Crippen LogP) is 10.6. The van der Waals surface area contributed by atoms with Gasteiger partial charge in [0.2, 0.25) is 0 Å². The number of hydrogen-bond acceptors (Lipinski definition) is 1. The minimum Gasteiger partial charge on any atom is -0.292 e. The first-order valence-corrected chi connectivity index (χ1v) is 14.9. The van der Waals surface area contributed by atoms with E-state index in [9.17, 15) is 0 Å². The van der Waals surface area contributed by atoms with Crippen molar-refractivity contribution in [1.29, 1.82) is 0 Å². The lowest BCUT2D eigenvalue weighted by Gasteiger charge is -2.17. The van der Waals surface area contributed by atoms with Crippen LogP contribution in [0.5, 0.6) is 0 Å². The van der Waals surface area contributed by atoms with Gasteiger partial charge in [-0.3, -0.25) is 4.57 Å². The van der Waals surface area contributed by atoms with Crippen molar-refractivity contribution in [3.8, 4) is 17.1 Å². The number of benzene rings is 6. The van der Waals surface area contributed by atoms with Crippen LogP contribution < -0.4 is 0 Å². The molecule has 0 radical (unpaired) electrons. The van der Waals surface area contributed by atoms with E-state index in [4.69, 9.17) is 4.98 Å². The van der Waals surface area contributed by atoms with E-state index >= 15 is 0 Å². The standard InChI is InChI=1S/C41H30N2/c1-2-7-18-34-32(25-24-29-14-8-9-19-33(29)34)28-31(17-4-1)35-26-27-39(37-21-11-10-20-36(35)37)43-40-23-13-12-22-38(40)42-41(43)30-15-5-3-6-16-30/h1-16,19-28H,17-18H2/b4-1?,7-2?,31-28+. The average Bonchev–Trinajstić information content (AvgIpc) is 3.46. The molecule has 0 spiro atoms. The molecule has 7 aromatic rings. The molecule has 1 aliphatic carbocycles. The van der Waals surface area contributed by atoms with Gasteiger partial charge in [0.05, 0.1) is 16.7 Å². The summed E-state index contributed by atoms with van der Waals surface area (Å²) in [6.45, 7) is 0. The highest BCUT2D eigenvalue weighted by Gasteiger charge is 2.18. The molecule has 1 heterocycles. The SMILES string of the molecule is C1=CC/C(c2ccc(-n3c(-c4ccccc4)nc4ccccc43)c3ccccc23)=C\c2ccc3ccccc3c2CC=C1. The maximum atomic E-state index is 5.11. The van der Waals surface area contributed by atoms with Crippen LogP contribution in [0.25, 0.3) is 61.3 Å². The summed E-state index contributed by atoms with van der Waals surface area (Å²) in [7, 11) is 0. The fourth-order valence-electron chi connectivity index (χ4n) is 6.50. The van der Waals surface area contributed by atoms with Crippen LogP contribution in [0, 0.1) is 0 Å². The summed E-state index contributed by atoms with van der Waals surface area (Å²) < 4.78 is 2.32. The van der Waals surface area contributed by atoms with Gasteiger partial charge in [0, 0.05) is 10.9 Å². The molecule has 0 saturated heterocycles. The highest BCUT2D eigenvalue weighted by atomic mass is 15.1. The maximum Gasteiger partial charge on any atom is 0.145 e. The van der Waals surface area contributed by atoms with Gasteiger partial charge < -0.3 is 0 Å². The van der Waals surface area contributed by atoms with Crippen LogP contribution in [0.3, 0.4) is 0 Å². The average molecular weight is 551 g/mol. The molecule has 0 fully saturated rings. The third-order valence-corrected chi connectivity index (χ3v) is 8.53. The summed E-state index contributed by atoms with van der Waals surface area (Å²) in [5.41, 5.74) is 9.57. The molecule has 204 valence electrons. The number of para-hydroxylation sites is 2. The third-order valence-electron chi connectivity index (χ3n) is 8.53. The molecular formula is C41H30N2. The molecule has 6 aromatic carbocycles. The van der Waals surface area contributed by atoms with Crippen LogP contribution in [0.2, 0.25) is 0 Å². The Kier molecular flexibility index (Phi) is 6.31. The molecule has 0 aliphatic heterocycles. The lowest BCUT2D eigenvalue weighted by Crippen LogP contribution is -2.00. The first-order chi connectivity index (χ1) is 21.3. The van der Waals surface area contributed by atoms with Crippen LogP contribution in [0.15, 0.2) is 152 Å². The number of hydrogen-bond donors (Lipinski definition) is 0. The molecule has 2 nitrogen and oxygen atoms in total. The van der Waals surface area contributed by atoms with E-state index in [1.807, 2.05) is 0 Å². The Morgan fingerprint density at radius 2 is 1.28 bits per heavy atom. The summed E-state index contributed by atoms with van der Waals surface area (Å²) in [5.74, 6) is 0.952. The van der Waals surface area contributed by atoms with Crippen molar-refractivity contribution in [2.45, 2.75) is 12.8 Å². The molecule has 0 N–H and O–H groups in total. The summed E-state index contributed by atoms with van der Waals surface area (Å²) in [6, 6.07) is 45.6. The maximum absolute atomic E-state index is 5.11. The van der Waals surface area contributed by atoms with Gasteiger partial charge in [-0.1, -0.05) is 140 Å². The summed E-state index contributed by atoms with van der Waals surface area (Å²) >= 11 is 0. The highest BCUT2D eigenvalue weighted by molar-refractivity contribution is 6.03. The summed E-state index contributed by atoms with van der Waals surface area (Å²) in [5, 5.41) is 5.06. The van der Waals surface area contributed by atoms with E-state index in [-0.39, 0.29) is 0 Å². The van der Waals surface area contributed by atoms with Crippen molar-refractivity contribution in [3.05, 3.63) is 168 Å². The van der Waals surface area contributed by atoms with Gasteiger partial charge in [-0.15, -0.1) is 0 Å². The van der Waals surface area contributed by atoms with E-state index in [2.05, 4.69) is 162 Å². The second-order valence-electron chi connectivity index (χ2n) is 11.1. The molecule has 0 atom stereocenters. The molecule has 8 rings (SSSR count). The lowest BCUT2D eigenvalue weighted by atomic mass is 9.90. The topological polar surface area (TPSA) is 17.8 Å². The number of imidazole rings is 1. The van der Waals surface area contributed by atoms with E-state index in [0.717, 1.165) is 41.0 Å². The Balaban J connectivity index is 1.36. The van der Waals surface area contributed by atoms with Crippen molar-refractivity contribution in [3.63, 3.8) is 0 Å². The fraction of sp³-hybridized carbons (Fsp3) is 0.0488. The van der Waals surface area contributed by atoms with Crippen LogP contribution in [-0.2, 0) is 6.42 Å². The third kappa shape index (κ3) is 4.49. The molecular weight excluding hydrogens is 520 g/mol. The van der Waals surface area contributed by atoms with Gasteiger partial charge in [0.1, 0.15) is 5.82 Å². The zero-order valence-electron chi connectivity index (χ0n) is 23.8. The van der Waals surface area contributed by atoms with Crippen LogP contribution in [0.1, 0.15) is 23.1 Å². The Morgan fingerprint density at radius 1 is 0.558 bits per heavy atom. The number of rotatable bonds is 3. The Bertz CT molecular complexity index is 2230. The smallest absolute Gasteiger partial charge is 0.145 e. The van der Waals surface area contributed by atoms with Gasteiger partial charge in [0.15, 0.2) is 0 Å². The zero-order chi connectivity index (χ0) is 28.6. The minimum atomic E-state index is 0.850. The molecule has 43 heavy (non-hydrogen) atoms. The number of aromatic nitrogens is 2. The van der Waals surface area contributed by atoms with E-state index in [1.54, 1.807) is 0 Å². The van der Waals surface area contributed by atoms with Crippen molar-refractivity contribution in [2.24, 2.45) is 0 Å². The quantitative estimate of drug-likeness (QED) is 0.214. The number of nitrogens with zero attached hydrogens (tertiary/aromatic N) is 2. The molecule has 0 bridgehead atoms. The van der Waals surface area contributed by atoms with Crippen molar-refractivity contribution in [1.82, 2.24) is 9.55 Å². The Morgan fingerprint density at radius 3 is 2.16 bits per heavy atom. The fourth-order valence-corrected chi connectivity index (χ4v) is 6.50. The van der Waals surface area contributed by atoms with Gasteiger partial charge >= 0.3 is 0 Å². The van der Waals surface area contributed by atoms with Crippen molar-refractivity contribution >= 4 is 44.2 Å². The largest absolute Gasteiger partial charge is 0.292 e. The van der Waals surface area contributed by atoms with Crippen LogP contribution in [-0.4, -0.2) is 9.55 Å². The van der Waals surface area contributed by atoms with Gasteiger partial charge in [-0.25, -0.2) is 4.98 Å². The van der Waals surface area contributed by atoms with E-state index in [0.29, 0.717) is 0 Å². The normalized spacial score (nSPS) is 14.6. The monoisotopic (exact) mass is 550 g/mol. The molecule has 1 aromatic heterocycles. The molecule has 1 aliphatic rings. The molecule has 0 saturated carbocycles. The van der Waals surface area contributed by atoms with Gasteiger partial charge in [-0.05, 0) is 69.5 Å². The predicted molar refractivity (Wildman–Crippen MR) is 182 cm³/mol. The molecule has 0 amide bonds. The zero-order valence-corrected chi connectivity index (χ0v) is 23.8. The first kappa shape index (κ1) is 25.3. The van der Waals surface area contributed by atoms with Crippen LogP contribution in [0.4, 0.5) is 0 Å². The second kappa shape index (κ2) is 10.7. The van der Waals surface area contributed by atoms with Crippen molar-refractivity contribution < 1.29 is 0 Å². The first-order valence-electron chi connectivity index (χ1n) is 14.9. The highest BCUT2D eigenvalue weighted by Crippen LogP contribution is 2.37. The number of fused-ring (bicyclic) bond motifs is 5. The Hall–Kier alpha value is -5.47. The summed E-state index contributed by atoms with van der Waals surface area (Å²) in [6.07, 6.45) is 13.1.